The highest BCUT2D eigenvalue weighted by molar-refractivity contribution is 5.66. The lowest BCUT2D eigenvalue weighted by atomic mass is 9.41. The fourth-order valence-corrected chi connectivity index (χ4v) is 10.0. The second kappa shape index (κ2) is 8.47. The normalized spacial score (nSPS) is 50.4. The van der Waals surface area contributed by atoms with Gasteiger partial charge in [-0.15, -0.1) is 0 Å². The standard InChI is InChI=1S/C30H50O4/c1-19(2)8-7-9-20(3)23-10-11-24-22-16-26(34-21(4)31)30(32)17-29(18-33-29)15-14-28(30,6)25(22)12-13-27(23,24)5/h19-20,22-26,32H,7-18H2,1-6H3/t20-,22+,23-,24+,25+,26-,27-,28-,29+,30+/m1/s1. The molecule has 0 bridgehead atoms. The molecule has 5 aliphatic rings. The second-order valence-corrected chi connectivity index (χ2v) is 14.2. The zero-order valence-corrected chi connectivity index (χ0v) is 22.7. The fraction of sp³-hybridized carbons (Fsp3) is 0.967. The second-order valence-electron chi connectivity index (χ2n) is 14.2. The zero-order chi connectivity index (χ0) is 24.5. The summed E-state index contributed by atoms with van der Waals surface area (Å²) < 4.78 is 11.8. The number of esters is 1. The van der Waals surface area contributed by atoms with E-state index < -0.39 is 11.7 Å². The van der Waals surface area contributed by atoms with Gasteiger partial charge in [-0.3, -0.25) is 4.79 Å². The van der Waals surface area contributed by atoms with Crippen LogP contribution in [0.25, 0.3) is 0 Å². The summed E-state index contributed by atoms with van der Waals surface area (Å²) in [4.78, 5) is 12.2. The van der Waals surface area contributed by atoms with E-state index in [0.29, 0.717) is 29.6 Å². The number of carbonyl (C=O) groups excluding carboxylic acids is 1. The molecule has 1 saturated heterocycles. The van der Waals surface area contributed by atoms with Crippen LogP contribution in [0.2, 0.25) is 0 Å². The smallest absolute Gasteiger partial charge is 0.303 e. The Balaban J connectivity index is 1.40. The summed E-state index contributed by atoms with van der Waals surface area (Å²) in [6, 6.07) is 0. The quantitative estimate of drug-likeness (QED) is 0.351. The van der Waals surface area contributed by atoms with E-state index in [-0.39, 0.29) is 17.0 Å². The summed E-state index contributed by atoms with van der Waals surface area (Å²) in [6.45, 7) is 14.4. The number of hydrogen-bond acceptors (Lipinski definition) is 4. The Labute approximate surface area is 207 Å². The Morgan fingerprint density at radius 1 is 1.06 bits per heavy atom. The van der Waals surface area contributed by atoms with Gasteiger partial charge in [-0.1, -0.05) is 53.9 Å². The highest BCUT2D eigenvalue weighted by Crippen LogP contribution is 2.71. The number of rotatable bonds is 6. The fourth-order valence-electron chi connectivity index (χ4n) is 10.0. The Morgan fingerprint density at radius 2 is 1.79 bits per heavy atom. The third-order valence-corrected chi connectivity index (χ3v) is 12.0. The Bertz CT molecular complexity index is 789. The van der Waals surface area contributed by atoms with Crippen LogP contribution in [0.15, 0.2) is 0 Å². The highest BCUT2D eigenvalue weighted by atomic mass is 16.6. The Morgan fingerprint density at radius 3 is 2.44 bits per heavy atom. The molecule has 4 saturated carbocycles. The molecule has 4 nitrogen and oxygen atoms in total. The van der Waals surface area contributed by atoms with E-state index in [4.69, 9.17) is 9.47 Å². The van der Waals surface area contributed by atoms with Crippen LogP contribution in [-0.4, -0.2) is 35.0 Å². The highest BCUT2D eigenvalue weighted by Gasteiger charge is 2.72. The van der Waals surface area contributed by atoms with Crippen LogP contribution < -0.4 is 0 Å². The molecule has 34 heavy (non-hydrogen) atoms. The van der Waals surface area contributed by atoms with E-state index in [0.717, 1.165) is 43.6 Å². The monoisotopic (exact) mass is 474 g/mol. The number of ether oxygens (including phenoxy) is 2. The van der Waals surface area contributed by atoms with Crippen LogP contribution in [0.4, 0.5) is 0 Å². The van der Waals surface area contributed by atoms with E-state index in [1.54, 1.807) is 0 Å². The molecule has 0 aromatic heterocycles. The maximum Gasteiger partial charge on any atom is 0.303 e. The van der Waals surface area contributed by atoms with Crippen molar-refractivity contribution in [3.8, 4) is 0 Å². The molecule has 4 aliphatic carbocycles. The van der Waals surface area contributed by atoms with Gasteiger partial charge in [0.15, 0.2) is 0 Å². The van der Waals surface area contributed by atoms with Gasteiger partial charge in [-0.25, -0.2) is 0 Å². The van der Waals surface area contributed by atoms with E-state index in [1.165, 1.54) is 51.9 Å². The zero-order valence-electron chi connectivity index (χ0n) is 22.7. The summed E-state index contributed by atoms with van der Waals surface area (Å²) in [7, 11) is 0. The minimum Gasteiger partial charge on any atom is -0.459 e. The van der Waals surface area contributed by atoms with Crippen molar-refractivity contribution in [2.24, 2.45) is 46.3 Å². The van der Waals surface area contributed by atoms with Crippen molar-refractivity contribution >= 4 is 5.97 Å². The molecular weight excluding hydrogens is 424 g/mol. The van der Waals surface area contributed by atoms with Crippen LogP contribution in [0.5, 0.6) is 0 Å². The maximum atomic E-state index is 12.3. The van der Waals surface area contributed by atoms with Gasteiger partial charge in [0.2, 0.25) is 0 Å². The molecule has 1 spiro atoms. The number of carbonyl (C=O) groups is 1. The molecule has 194 valence electrons. The van der Waals surface area contributed by atoms with Gasteiger partial charge in [-0.05, 0) is 85.9 Å². The van der Waals surface area contributed by atoms with Gasteiger partial charge in [0.05, 0.1) is 12.2 Å². The molecule has 4 heteroatoms. The van der Waals surface area contributed by atoms with E-state index in [1.807, 2.05) is 0 Å². The average molecular weight is 475 g/mol. The van der Waals surface area contributed by atoms with Crippen LogP contribution >= 0.6 is 0 Å². The SMILES string of the molecule is CC(=O)O[C@@H]1C[C@H]2[C@@H]3CC[C@H]([C@H](C)CCCC(C)C)[C@@]3(C)CC[C@@H]2[C@@]2(C)CC[C@@]3(CO3)C[C@]12O. The molecule has 10 atom stereocenters. The summed E-state index contributed by atoms with van der Waals surface area (Å²) in [5.74, 6) is 3.90. The molecule has 0 unspecified atom stereocenters. The van der Waals surface area contributed by atoms with Crippen molar-refractivity contribution in [1.82, 2.24) is 0 Å². The molecule has 1 heterocycles. The largest absolute Gasteiger partial charge is 0.459 e. The van der Waals surface area contributed by atoms with Gasteiger partial charge in [0.1, 0.15) is 11.7 Å². The minimum atomic E-state index is -0.968. The van der Waals surface area contributed by atoms with Gasteiger partial charge < -0.3 is 14.6 Å². The van der Waals surface area contributed by atoms with Crippen LogP contribution in [-0.2, 0) is 14.3 Å². The van der Waals surface area contributed by atoms with E-state index in [9.17, 15) is 9.90 Å². The van der Waals surface area contributed by atoms with Gasteiger partial charge >= 0.3 is 5.97 Å². The first-order chi connectivity index (χ1) is 15.9. The van der Waals surface area contributed by atoms with Crippen molar-refractivity contribution in [3.05, 3.63) is 0 Å². The maximum absolute atomic E-state index is 12.3. The van der Waals surface area contributed by atoms with E-state index >= 15 is 0 Å². The number of fused-ring (bicyclic) bond motifs is 5. The van der Waals surface area contributed by atoms with E-state index in [2.05, 4.69) is 34.6 Å². The summed E-state index contributed by atoms with van der Waals surface area (Å²) in [6.07, 6.45) is 12.3. The molecule has 5 fully saturated rings. The molecule has 0 aromatic carbocycles. The number of epoxide rings is 1. The lowest BCUT2D eigenvalue weighted by Crippen LogP contribution is -2.69. The predicted octanol–water partition coefficient (Wildman–Crippen LogP) is 6.53. The Kier molecular flexibility index (Phi) is 6.24. The molecule has 0 aromatic rings. The number of aliphatic hydroxyl groups is 1. The third-order valence-electron chi connectivity index (χ3n) is 12.0. The average Bonchev–Trinajstić information content (AvgIpc) is 3.39. The van der Waals surface area contributed by atoms with Gasteiger partial charge in [-0.2, -0.15) is 0 Å². The third kappa shape index (κ3) is 3.80. The Hall–Kier alpha value is -0.610. The van der Waals surface area contributed by atoms with Gasteiger partial charge in [0, 0.05) is 18.8 Å². The van der Waals surface area contributed by atoms with Crippen molar-refractivity contribution in [3.63, 3.8) is 0 Å². The molecule has 0 amide bonds. The molecule has 1 aliphatic heterocycles. The molecule has 5 rings (SSSR count). The van der Waals surface area contributed by atoms with Crippen LogP contribution in [0, 0.1) is 46.3 Å². The first-order valence-corrected chi connectivity index (χ1v) is 14.5. The van der Waals surface area contributed by atoms with Crippen molar-refractivity contribution < 1.29 is 19.4 Å². The van der Waals surface area contributed by atoms with Crippen LogP contribution in [0.1, 0.15) is 112 Å². The topological polar surface area (TPSA) is 59.1 Å². The van der Waals surface area contributed by atoms with Crippen molar-refractivity contribution in [1.29, 1.82) is 0 Å². The first-order valence-electron chi connectivity index (χ1n) is 14.5. The lowest BCUT2D eigenvalue weighted by Gasteiger charge is -2.65. The molecule has 1 N–H and O–H groups in total. The summed E-state index contributed by atoms with van der Waals surface area (Å²) in [5, 5.41) is 12.3. The van der Waals surface area contributed by atoms with Gasteiger partial charge in [0.25, 0.3) is 0 Å². The summed E-state index contributed by atoms with van der Waals surface area (Å²) >= 11 is 0. The van der Waals surface area contributed by atoms with Crippen molar-refractivity contribution in [2.75, 3.05) is 6.61 Å². The predicted molar refractivity (Wildman–Crippen MR) is 134 cm³/mol. The first kappa shape index (κ1) is 25.1. The molecule has 0 radical (unpaired) electrons. The summed E-state index contributed by atoms with van der Waals surface area (Å²) in [5.41, 5.74) is -0.937. The van der Waals surface area contributed by atoms with Crippen molar-refractivity contribution in [2.45, 2.75) is 129 Å². The number of hydrogen-bond donors (Lipinski definition) is 1. The van der Waals surface area contributed by atoms with Crippen LogP contribution in [0.3, 0.4) is 0 Å². The lowest BCUT2D eigenvalue weighted by molar-refractivity contribution is -0.266. The minimum absolute atomic E-state index is 0.160. The molecular formula is C30H50O4.